The molecule has 0 radical (unpaired) electrons. The Labute approximate surface area is 123 Å². The molecule has 0 aromatic carbocycles. The van der Waals surface area contributed by atoms with Crippen LogP contribution in [0.3, 0.4) is 0 Å². The summed E-state index contributed by atoms with van der Waals surface area (Å²) in [5.74, 6) is 0.130. The van der Waals surface area contributed by atoms with Crippen molar-refractivity contribution in [3.63, 3.8) is 0 Å². The van der Waals surface area contributed by atoms with Crippen LogP contribution in [0.4, 0.5) is 0 Å². The van der Waals surface area contributed by atoms with E-state index in [2.05, 4.69) is 15.3 Å². The van der Waals surface area contributed by atoms with Crippen molar-refractivity contribution in [3.05, 3.63) is 48.3 Å². The van der Waals surface area contributed by atoms with Gasteiger partial charge in [0.15, 0.2) is 0 Å². The Morgan fingerprint density at radius 2 is 2.24 bits per heavy atom. The third kappa shape index (κ3) is 3.28. The van der Waals surface area contributed by atoms with Gasteiger partial charge in [-0.3, -0.25) is 9.78 Å². The number of ether oxygens (including phenoxy) is 1. The summed E-state index contributed by atoms with van der Waals surface area (Å²) in [6.45, 7) is 1.21. The van der Waals surface area contributed by atoms with Gasteiger partial charge in [-0.25, -0.2) is 4.98 Å². The maximum absolute atomic E-state index is 12.2. The van der Waals surface area contributed by atoms with Gasteiger partial charge >= 0.3 is 0 Å². The molecule has 1 amide bonds. The zero-order chi connectivity index (χ0) is 14.7. The minimum absolute atomic E-state index is 0.0210. The van der Waals surface area contributed by atoms with E-state index >= 15 is 0 Å². The summed E-state index contributed by atoms with van der Waals surface area (Å²) < 4.78 is 7.29. The lowest BCUT2D eigenvalue weighted by molar-refractivity contribution is 0.0920. The topological polar surface area (TPSA) is 69.0 Å². The molecule has 3 heterocycles. The average Bonchev–Trinajstić information content (AvgIpc) is 3.10. The first kappa shape index (κ1) is 13.8. The van der Waals surface area contributed by atoms with E-state index in [9.17, 15) is 4.79 Å². The number of aryl methyl sites for hydroxylation is 1. The lowest BCUT2D eigenvalue weighted by Gasteiger charge is -2.18. The van der Waals surface area contributed by atoms with Crippen molar-refractivity contribution >= 4 is 5.91 Å². The first-order chi connectivity index (χ1) is 10.2. The molecule has 3 rings (SSSR count). The van der Waals surface area contributed by atoms with Gasteiger partial charge in [-0.1, -0.05) is 0 Å². The summed E-state index contributed by atoms with van der Waals surface area (Å²) in [6.07, 6.45) is 7.77. The van der Waals surface area contributed by atoms with E-state index in [1.54, 1.807) is 29.5 Å². The molecule has 1 N–H and O–H groups in total. The van der Waals surface area contributed by atoms with E-state index in [0.717, 1.165) is 6.42 Å². The van der Waals surface area contributed by atoms with Crippen molar-refractivity contribution in [2.45, 2.75) is 12.5 Å². The van der Waals surface area contributed by atoms with E-state index in [1.165, 1.54) is 5.56 Å². The van der Waals surface area contributed by atoms with Crippen LogP contribution in [0.1, 0.15) is 16.1 Å². The summed E-state index contributed by atoms with van der Waals surface area (Å²) in [4.78, 5) is 20.2. The highest BCUT2D eigenvalue weighted by Gasteiger charge is 2.30. The highest BCUT2D eigenvalue weighted by molar-refractivity contribution is 5.92. The lowest BCUT2D eigenvalue weighted by atomic mass is 9.95. The number of aromatic nitrogens is 3. The molecule has 1 fully saturated rings. The number of imidazole rings is 1. The van der Waals surface area contributed by atoms with Crippen LogP contribution in [0.5, 0.6) is 0 Å². The molecule has 6 nitrogen and oxygen atoms in total. The molecule has 6 heteroatoms. The van der Waals surface area contributed by atoms with E-state index in [1.807, 2.05) is 19.2 Å². The molecule has 2 aromatic rings. The Bertz CT molecular complexity index is 611. The molecular weight excluding hydrogens is 268 g/mol. The van der Waals surface area contributed by atoms with Gasteiger partial charge in [0.25, 0.3) is 5.91 Å². The number of nitrogens with zero attached hydrogens (tertiary/aromatic N) is 3. The fourth-order valence-corrected chi connectivity index (χ4v) is 2.55. The third-order valence-electron chi connectivity index (χ3n) is 3.70. The molecule has 1 saturated heterocycles. The molecule has 1 aliphatic heterocycles. The fourth-order valence-electron chi connectivity index (χ4n) is 2.55. The van der Waals surface area contributed by atoms with Crippen molar-refractivity contribution < 1.29 is 9.53 Å². The number of nitrogens with one attached hydrogen (secondary N) is 1. The average molecular weight is 286 g/mol. The van der Waals surface area contributed by atoms with Gasteiger partial charge in [-0.2, -0.15) is 0 Å². The van der Waals surface area contributed by atoms with Crippen LogP contribution in [0, 0.1) is 5.92 Å². The minimum Gasteiger partial charge on any atom is -0.379 e. The molecule has 2 atom stereocenters. The van der Waals surface area contributed by atoms with Crippen LogP contribution in [-0.2, 0) is 18.2 Å². The third-order valence-corrected chi connectivity index (χ3v) is 3.70. The summed E-state index contributed by atoms with van der Waals surface area (Å²) >= 11 is 0. The summed E-state index contributed by atoms with van der Waals surface area (Å²) in [5.41, 5.74) is 1.64. The van der Waals surface area contributed by atoms with Gasteiger partial charge in [0, 0.05) is 31.6 Å². The molecule has 0 bridgehead atoms. The molecule has 2 aromatic heterocycles. The Morgan fingerprint density at radius 1 is 1.43 bits per heavy atom. The second-order valence-electron chi connectivity index (χ2n) is 5.36. The van der Waals surface area contributed by atoms with E-state index < -0.39 is 0 Å². The largest absolute Gasteiger partial charge is 0.379 e. The molecule has 0 unspecified atom stereocenters. The van der Waals surface area contributed by atoms with Gasteiger partial charge in [0.2, 0.25) is 0 Å². The van der Waals surface area contributed by atoms with Crippen molar-refractivity contribution in [3.8, 4) is 0 Å². The molecule has 0 aliphatic carbocycles. The van der Waals surface area contributed by atoms with Crippen LogP contribution >= 0.6 is 0 Å². The Morgan fingerprint density at radius 3 is 2.95 bits per heavy atom. The van der Waals surface area contributed by atoms with Gasteiger partial charge < -0.3 is 14.6 Å². The smallest absolute Gasteiger partial charge is 0.271 e. The SMILES string of the molecule is Cn1cnc(C(=O)N[C@@H]2COC[C@H]2Cc2ccncc2)c1. The normalized spacial score (nSPS) is 21.4. The molecule has 1 aliphatic rings. The minimum atomic E-state index is -0.147. The van der Waals surface area contributed by atoms with Gasteiger partial charge in [0.05, 0.1) is 25.6 Å². The van der Waals surface area contributed by atoms with E-state index in [-0.39, 0.29) is 17.9 Å². The predicted molar refractivity (Wildman–Crippen MR) is 76.7 cm³/mol. The van der Waals surface area contributed by atoms with Crippen LogP contribution in [0.2, 0.25) is 0 Å². The van der Waals surface area contributed by atoms with Crippen molar-refractivity contribution in [2.75, 3.05) is 13.2 Å². The van der Waals surface area contributed by atoms with Crippen LogP contribution in [-0.4, -0.2) is 39.7 Å². The lowest BCUT2D eigenvalue weighted by Crippen LogP contribution is -2.40. The molecular formula is C15H18N4O2. The number of pyridine rings is 1. The van der Waals surface area contributed by atoms with Gasteiger partial charge in [0.1, 0.15) is 5.69 Å². The Balaban J connectivity index is 1.63. The highest BCUT2D eigenvalue weighted by Crippen LogP contribution is 2.19. The number of hydrogen-bond donors (Lipinski definition) is 1. The quantitative estimate of drug-likeness (QED) is 0.902. The summed E-state index contributed by atoms with van der Waals surface area (Å²) in [6, 6.07) is 4.01. The number of hydrogen-bond acceptors (Lipinski definition) is 4. The predicted octanol–water partition coefficient (Wildman–Crippen LogP) is 0.803. The zero-order valence-corrected chi connectivity index (χ0v) is 11.9. The molecule has 0 saturated carbocycles. The standard InChI is InChI=1S/C15H18N4O2/c1-19-7-13(17-10-19)15(20)18-14-9-21-8-12(14)6-11-2-4-16-5-3-11/h2-5,7,10,12,14H,6,8-9H2,1H3,(H,18,20)/t12-,14-/m1/s1. The van der Waals surface area contributed by atoms with Crippen molar-refractivity contribution in [2.24, 2.45) is 13.0 Å². The monoisotopic (exact) mass is 286 g/mol. The molecule has 21 heavy (non-hydrogen) atoms. The number of carbonyl (C=O) groups is 1. The number of carbonyl (C=O) groups excluding carboxylic acids is 1. The van der Waals surface area contributed by atoms with E-state index in [0.29, 0.717) is 18.9 Å². The first-order valence-electron chi connectivity index (χ1n) is 6.98. The van der Waals surface area contributed by atoms with Gasteiger partial charge in [-0.05, 0) is 24.1 Å². The van der Waals surface area contributed by atoms with Crippen LogP contribution in [0.15, 0.2) is 37.1 Å². The van der Waals surface area contributed by atoms with Crippen molar-refractivity contribution in [1.29, 1.82) is 0 Å². The molecule has 110 valence electrons. The maximum atomic E-state index is 12.2. The summed E-state index contributed by atoms with van der Waals surface area (Å²) in [5, 5.41) is 3.02. The summed E-state index contributed by atoms with van der Waals surface area (Å²) in [7, 11) is 1.84. The fraction of sp³-hybridized carbons (Fsp3) is 0.400. The first-order valence-corrected chi connectivity index (χ1v) is 6.98. The second-order valence-corrected chi connectivity index (χ2v) is 5.36. The Hall–Kier alpha value is -2.21. The van der Waals surface area contributed by atoms with E-state index in [4.69, 9.17) is 4.74 Å². The zero-order valence-electron chi connectivity index (χ0n) is 11.9. The Kier molecular flexibility index (Phi) is 3.96. The molecule has 0 spiro atoms. The highest BCUT2D eigenvalue weighted by atomic mass is 16.5. The maximum Gasteiger partial charge on any atom is 0.271 e. The van der Waals surface area contributed by atoms with Crippen molar-refractivity contribution in [1.82, 2.24) is 19.9 Å². The van der Waals surface area contributed by atoms with Gasteiger partial charge in [-0.15, -0.1) is 0 Å². The number of rotatable bonds is 4. The van der Waals surface area contributed by atoms with Crippen LogP contribution < -0.4 is 5.32 Å². The second kappa shape index (κ2) is 6.05. The number of amides is 1. The van der Waals surface area contributed by atoms with Crippen LogP contribution in [0.25, 0.3) is 0 Å².